The number of aromatic nitrogens is 1. The molecule has 0 saturated carbocycles. The van der Waals surface area contributed by atoms with Crippen LogP contribution in [0.4, 0.5) is 0 Å². The molecule has 0 aliphatic carbocycles. The van der Waals surface area contributed by atoms with E-state index in [0.29, 0.717) is 12.0 Å². The molecule has 1 aromatic rings. The summed E-state index contributed by atoms with van der Waals surface area (Å²) in [5.74, 6) is 0.113. The minimum absolute atomic E-state index is 0.113. The zero-order valence-corrected chi connectivity index (χ0v) is 8.71. The van der Waals surface area contributed by atoms with Gasteiger partial charge in [0.05, 0.1) is 0 Å². The van der Waals surface area contributed by atoms with Crippen molar-refractivity contribution in [3.05, 3.63) is 41.7 Å². The van der Waals surface area contributed by atoms with E-state index in [-0.39, 0.29) is 5.78 Å². The fourth-order valence-corrected chi connectivity index (χ4v) is 1.20. The van der Waals surface area contributed by atoms with Crippen molar-refractivity contribution in [1.29, 1.82) is 0 Å². The Balaban J connectivity index is 2.80. The third-order valence-corrected chi connectivity index (χ3v) is 2.25. The van der Waals surface area contributed by atoms with Gasteiger partial charge in [-0.1, -0.05) is 19.1 Å². The van der Waals surface area contributed by atoms with Crippen molar-refractivity contribution in [3.63, 3.8) is 0 Å². The van der Waals surface area contributed by atoms with Gasteiger partial charge in [0.25, 0.3) is 0 Å². The molecule has 0 amide bonds. The van der Waals surface area contributed by atoms with Gasteiger partial charge in [0.1, 0.15) is 0 Å². The van der Waals surface area contributed by atoms with Crippen molar-refractivity contribution < 1.29 is 4.79 Å². The second-order valence-electron chi connectivity index (χ2n) is 3.39. The van der Waals surface area contributed by atoms with E-state index in [1.807, 2.05) is 19.9 Å². The number of nitrogens with zero attached hydrogens (tertiary/aromatic N) is 1. The summed E-state index contributed by atoms with van der Waals surface area (Å²) in [6.45, 7) is 7.75. The lowest BCUT2D eigenvalue weighted by Crippen LogP contribution is -2.03. The van der Waals surface area contributed by atoms with Gasteiger partial charge in [-0.25, -0.2) is 0 Å². The number of pyridine rings is 1. The number of ketones is 1. The quantitative estimate of drug-likeness (QED) is 0.538. The van der Waals surface area contributed by atoms with Crippen molar-refractivity contribution in [2.45, 2.75) is 26.7 Å². The second kappa shape index (κ2) is 4.70. The van der Waals surface area contributed by atoms with Gasteiger partial charge in [0, 0.05) is 24.4 Å². The summed E-state index contributed by atoms with van der Waals surface area (Å²) in [4.78, 5) is 15.7. The summed E-state index contributed by atoms with van der Waals surface area (Å²) >= 11 is 0. The Morgan fingerprint density at radius 3 is 2.86 bits per heavy atom. The third kappa shape index (κ3) is 2.52. The zero-order chi connectivity index (χ0) is 10.6. The van der Waals surface area contributed by atoms with E-state index in [4.69, 9.17) is 0 Å². The van der Waals surface area contributed by atoms with Crippen LogP contribution in [0.15, 0.2) is 30.6 Å². The van der Waals surface area contributed by atoms with E-state index in [1.165, 1.54) is 0 Å². The Morgan fingerprint density at radius 2 is 2.29 bits per heavy atom. The van der Waals surface area contributed by atoms with Gasteiger partial charge in [-0.05, 0) is 25.0 Å². The van der Waals surface area contributed by atoms with Crippen LogP contribution in [0, 0.1) is 6.92 Å². The van der Waals surface area contributed by atoms with E-state index in [2.05, 4.69) is 11.6 Å². The first-order valence-corrected chi connectivity index (χ1v) is 4.75. The van der Waals surface area contributed by atoms with E-state index in [0.717, 1.165) is 17.6 Å². The zero-order valence-electron chi connectivity index (χ0n) is 8.71. The minimum Gasteiger partial charge on any atom is -0.294 e. The summed E-state index contributed by atoms with van der Waals surface area (Å²) in [5.41, 5.74) is 2.66. The Hall–Kier alpha value is -1.44. The van der Waals surface area contributed by atoms with E-state index < -0.39 is 0 Å². The maximum atomic E-state index is 11.7. The lowest BCUT2D eigenvalue weighted by molar-refractivity contribution is 0.0991. The fourth-order valence-electron chi connectivity index (χ4n) is 1.20. The van der Waals surface area contributed by atoms with Gasteiger partial charge in [-0.2, -0.15) is 0 Å². The maximum absolute atomic E-state index is 11.7. The van der Waals surface area contributed by atoms with E-state index >= 15 is 0 Å². The van der Waals surface area contributed by atoms with Crippen LogP contribution in [0.1, 0.15) is 35.7 Å². The summed E-state index contributed by atoms with van der Waals surface area (Å²) < 4.78 is 0. The Bertz CT molecular complexity index is 355. The van der Waals surface area contributed by atoms with Gasteiger partial charge in [0.15, 0.2) is 5.78 Å². The van der Waals surface area contributed by atoms with Crippen LogP contribution in [-0.2, 0) is 0 Å². The molecule has 74 valence electrons. The van der Waals surface area contributed by atoms with Gasteiger partial charge < -0.3 is 0 Å². The van der Waals surface area contributed by atoms with Crippen LogP contribution in [0.3, 0.4) is 0 Å². The largest absolute Gasteiger partial charge is 0.294 e. The SMILES string of the molecule is C=C(CC)CC(=O)c1cnccc1C. The molecule has 0 saturated heterocycles. The van der Waals surface area contributed by atoms with Gasteiger partial charge in [-0.3, -0.25) is 9.78 Å². The number of carbonyl (C=O) groups excluding carboxylic acids is 1. The highest BCUT2D eigenvalue weighted by molar-refractivity contribution is 5.98. The number of rotatable bonds is 4. The number of allylic oxidation sites excluding steroid dienone is 1. The monoisotopic (exact) mass is 189 g/mol. The average Bonchev–Trinajstić information content (AvgIpc) is 2.18. The summed E-state index contributed by atoms with van der Waals surface area (Å²) in [6, 6.07) is 1.85. The lowest BCUT2D eigenvalue weighted by atomic mass is 10.0. The minimum atomic E-state index is 0.113. The van der Waals surface area contributed by atoms with Crippen molar-refractivity contribution in [3.8, 4) is 0 Å². The maximum Gasteiger partial charge on any atom is 0.168 e. The topological polar surface area (TPSA) is 30.0 Å². The Labute approximate surface area is 84.7 Å². The first-order chi connectivity index (χ1) is 6.65. The molecule has 0 radical (unpaired) electrons. The average molecular weight is 189 g/mol. The molecule has 0 atom stereocenters. The number of aryl methyl sites for hydroxylation is 1. The predicted molar refractivity (Wildman–Crippen MR) is 57.4 cm³/mol. The first kappa shape index (κ1) is 10.6. The summed E-state index contributed by atoms with van der Waals surface area (Å²) in [5, 5.41) is 0. The molecule has 0 unspecified atom stereocenters. The van der Waals surface area contributed by atoms with E-state index in [1.54, 1.807) is 12.4 Å². The molecular weight excluding hydrogens is 174 g/mol. The molecule has 0 aromatic carbocycles. The van der Waals surface area contributed by atoms with Crippen LogP contribution in [-0.4, -0.2) is 10.8 Å². The van der Waals surface area contributed by atoms with Crippen molar-refractivity contribution in [2.24, 2.45) is 0 Å². The van der Waals surface area contributed by atoms with E-state index in [9.17, 15) is 4.79 Å². The van der Waals surface area contributed by atoms with Crippen LogP contribution in [0.2, 0.25) is 0 Å². The molecule has 1 aromatic heterocycles. The molecule has 0 spiro atoms. The Kier molecular flexibility index (Phi) is 3.57. The standard InChI is InChI=1S/C12H15NO/c1-4-9(2)7-12(14)11-8-13-6-5-10(11)3/h5-6,8H,2,4,7H2,1,3H3. The second-order valence-corrected chi connectivity index (χ2v) is 3.39. The molecule has 1 heterocycles. The number of carbonyl (C=O) groups is 1. The highest BCUT2D eigenvalue weighted by atomic mass is 16.1. The highest BCUT2D eigenvalue weighted by Gasteiger charge is 2.09. The molecule has 0 aliphatic heterocycles. The number of hydrogen-bond acceptors (Lipinski definition) is 2. The van der Waals surface area contributed by atoms with Crippen molar-refractivity contribution in [2.75, 3.05) is 0 Å². The molecule has 0 N–H and O–H groups in total. The summed E-state index contributed by atoms with van der Waals surface area (Å²) in [6.07, 6.45) is 4.61. The molecule has 2 nitrogen and oxygen atoms in total. The normalized spacial score (nSPS) is 9.86. The molecule has 0 fully saturated rings. The summed E-state index contributed by atoms with van der Waals surface area (Å²) in [7, 11) is 0. The predicted octanol–water partition coefficient (Wildman–Crippen LogP) is 2.93. The molecule has 0 aliphatic rings. The molecule has 0 bridgehead atoms. The molecule has 2 heteroatoms. The number of hydrogen-bond donors (Lipinski definition) is 0. The molecular formula is C12H15NO. The van der Waals surface area contributed by atoms with Crippen LogP contribution >= 0.6 is 0 Å². The smallest absolute Gasteiger partial charge is 0.168 e. The van der Waals surface area contributed by atoms with Gasteiger partial charge >= 0.3 is 0 Å². The molecule has 14 heavy (non-hydrogen) atoms. The van der Waals surface area contributed by atoms with Crippen molar-refractivity contribution >= 4 is 5.78 Å². The van der Waals surface area contributed by atoms with Crippen LogP contribution < -0.4 is 0 Å². The fraction of sp³-hybridized carbons (Fsp3) is 0.333. The Morgan fingerprint density at radius 1 is 1.57 bits per heavy atom. The van der Waals surface area contributed by atoms with Gasteiger partial charge in [-0.15, -0.1) is 0 Å². The van der Waals surface area contributed by atoms with Crippen LogP contribution in [0.5, 0.6) is 0 Å². The lowest BCUT2D eigenvalue weighted by Gasteiger charge is -2.04. The third-order valence-electron chi connectivity index (χ3n) is 2.25. The number of Topliss-reactive ketones (excluding diaryl/α,β-unsaturated/α-hetero) is 1. The van der Waals surface area contributed by atoms with Gasteiger partial charge in [0.2, 0.25) is 0 Å². The first-order valence-electron chi connectivity index (χ1n) is 4.75. The molecule has 1 rings (SSSR count). The van der Waals surface area contributed by atoms with Crippen molar-refractivity contribution in [1.82, 2.24) is 4.98 Å². The van der Waals surface area contributed by atoms with Crippen LogP contribution in [0.25, 0.3) is 0 Å². The highest BCUT2D eigenvalue weighted by Crippen LogP contribution is 2.12.